The minimum atomic E-state index is -0.498. The standard InChI is InChI=1S/C29H29N3O2/c1-19-9-8-10-20(17-19)15-16-30-28(33)26-22-12-4-5-13-23(22)29(34)32(3)27(26)24-18-31(2)25-14-7-6-11-21(24)25/h4-14,17-18,26-27H,15-16H2,1-3H3,(H,30,33). The van der Waals surface area contributed by atoms with Crippen molar-refractivity contribution in [2.45, 2.75) is 25.3 Å². The average molecular weight is 452 g/mol. The van der Waals surface area contributed by atoms with Crippen LogP contribution in [0.2, 0.25) is 0 Å². The number of benzene rings is 3. The zero-order valence-electron chi connectivity index (χ0n) is 19.8. The van der Waals surface area contributed by atoms with Crippen molar-refractivity contribution in [3.8, 4) is 0 Å². The number of nitrogens with one attached hydrogen (secondary N) is 1. The molecule has 0 saturated heterocycles. The van der Waals surface area contributed by atoms with E-state index in [9.17, 15) is 9.59 Å². The van der Waals surface area contributed by atoms with Gasteiger partial charge in [-0.2, -0.15) is 0 Å². The van der Waals surface area contributed by atoms with Crippen LogP contribution in [0.1, 0.15) is 44.6 Å². The summed E-state index contributed by atoms with van der Waals surface area (Å²) < 4.78 is 2.07. The second-order valence-corrected chi connectivity index (χ2v) is 9.17. The molecule has 1 aliphatic heterocycles. The molecule has 5 rings (SSSR count). The third kappa shape index (κ3) is 3.77. The second-order valence-electron chi connectivity index (χ2n) is 9.17. The lowest BCUT2D eigenvalue weighted by Crippen LogP contribution is -2.45. The van der Waals surface area contributed by atoms with Crippen LogP contribution in [0, 0.1) is 6.92 Å². The molecule has 34 heavy (non-hydrogen) atoms. The first kappa shape index (κ1) is 22.0. The van der Waals surface area contributed by atoms with Crippen LogP contribution in [0.5, 0.6) is 0 Å². The van der Waals surface area contributed by atoms with Gasteiger partial charge in [-0.25, -0.2) is 0 Å². The van der Waals surface area contributed by atoms with Gasteiger partial charge >= 0.3 is 0 Å². The number of amides is 2. The van der Waals surface area contributed by atoms with E-state index < -0.39 is 12.0 Å². The number of carbonyl (C=O) groups excluding carboxylic acids is 2. The summed E-state index contributed by atoms with van der Waals surface area (Å²) in [6.45, 7) is 2.61. The van der Waals surface area contributed by atoms with Crippen LogP contribution < -0.4 is 5.32 Å². The Bertz CT molecular complexity index is 1390. The van der Waals surface area contributed by atoms with Crippen LogP contribution in [-0.4, -0.2) is 34.9 Å². The molecule has 0 bridgehead atoms. The highest BCUT2D eigenvalue weighted by molar-refractivity contribution is 6.02. The minimum absolute atomic E-state index is 0.0580. The number of rotatable bonds is 5. The molecule has 3 aromatic carbocycles. The Kier molecular flexibility index (Phi) is 5.70. The molecule has 0 radical (unpaired) electrons. The fourth-order valence-electron chi connectivity index (χ4n) is 5.26. The number of fused-ring (bicyclic) bond motifs is 2. The molecular formula is C29H29N3O2. The van der Waals surface area contributed by atoms with Gasteiger partial charge in [0.2, 0.25) is 5.91 Å². The summed E-state index contributed by atoms with van der Waals surface area (Å²) in [6.07, 6.45) is 2.82. The van der Waals surface area contributed by atoms with E-state index in [1.54, 1.807) is 11.9 Å². The Morgan fingerprint density at radius 1 is 0.941 bits per heavy atom. The molecule has 5 heteroatoms. The average Bonchev–Trinajstić information content (AvgIpc) is 3.17. The zero-order valence-corrected chi connectivity index (χ0v) is 19.8. The topological polar surface area (TPSA) is 54.3 Å². The Balaban J connectivity index is 1.52. The Labute approximate surface area is 200 Å². The van der Waals surface area contributed by atoms with Crippen LogP contribution in [-0.2, 0) is 18.3 Å². The van der Waals surface area contributed by atoms with E-state index in [1.807, 2.05) is 49.5 Å². The third-order valence-corrected chi connectivity index (χ3v) is 6.90. The molecule has 0 saturated carbocycles. The molecule has 2 atom stereocenters. The number of para-hydroxylation sites is 1. The normalized spacial score (nSPS) is 17.6. The van der Waals surface area contributed by atoms with Gasteiger partial charge in [-0.15, -0.1) is 0 Å². The number of hydrogen-bond donors (Lipinski definition) is 1. The molecule has 1 N–H and O–H groups in total. The van der Waals surface area contributed by atoms with E-state index in [2.05, 4.69) is 53.3 Å². The SMILES string of the molecule is Cc1cccc(CCNC(=O)C2c3ccccc3C(=O)N(C)C2c2cn(C)c3ccccc23)c1. The van der Waals surface area contributed by atoms with Crippen LogP contribution in [0.25, 0.3) is 10.9 Å². The predicted octanol–water partition coefficient (Wildman–Crippen LogP) is 4.76. The second kappa shape index (κ2) is 8.82. The predicted molar refractivity (Wildman–Crippen MR) is 135 cm³/mol. The molecule has 0 aliphatic carbocycles. The largest absolute Gasteiger partial charge is 0.355 e. The van der Waals surface area contributed by atoms with Gasteiger partial charge < -0.3 is 14.8 Å². The van der Waals surface area contributed by atoms with Crippen LogP contribution in [0.15, 0.2) is 79.0 Å². The molecule has 1 aromatic heterocycles. The smallest absolute Gasteiger partial charge is 0.254 e. The number of likely N-dealkylation sites (N-methyl/N-ethyl adjacent to an activating group) is 1. The fourth-order valence-corrected chi connectivity index (χ4v) is 5.26. The first-order valence-corrected chi connectivity index (χ1v) is 11.7. The summed E-state index contributed by atoms with van der Waals surface area (Å²) in [4.78, 5) is 28.8. The molecule has 0 spiro atoms. The van der Waals surface area contributed by atoms with Gasteiger partial charge in [0.25, 0.3) is 5.91 Å². The third-order valence-electron chi connectivity index (χ3n) is 6.90. The van der Waals surface area contributed by atoms with Gasteiger partial charge in [-0.05, 0) is 36.6 Å². The van der Waals surface area contributed by atoms with Gasteiger partial charge in [-0.3, -0.25) is 9.59 Å². The van der Waals surface area contributed by atoms with Crippen molar-refractivity contribution in [3.05, 3.63) is 107 Å². The maximum absolute atomic E-state index is 13.7. The lowest BCUT2D eigenvalue weighted by Gasteiger charge is -2.39. The van der Waals surface area contributed by atoms with Crippen molar-refractivity contribution in [1.82, 2.24) is 14.8 Å². The Morgan fingerprint density at radius 3 is 2.53 bits per heavy atom. The maximum atomic E-state index is 13.7. The van der Waals surface area contributed by atoms with Crippen molar-refractivity contribution in [2.24, 2.45) is 7.05 Å². The van der Waals surface area contributed by atoms with Crippen molar-refractivity contribution >= 4 is 22.7 Å². The van der Waals surface area contributed by atoms with E-state index in [1.165, 1.54) is 11.1 Å². The van der Waals surface area contributed by atoms with Gasteiger partial charge in [0, 0.05) is 48.9 Å². The summed E-state index contributed by atoms with van der Waals surface area (Å²) >= 11 is 0. The van der Waals surface area contributed by atoms with E-state index in [0.29, 0.717) is 12.1 Å². The molecule has 4 aromatic rings. The highest BCUT2D eigenvalue weighted by Gasteiger charge is 2.43. The molecule has 5 nitrogen and oxygen atoms in total. The van der Waals surface area contributed by atoms with Gasteiger partial charge in [0.15, 0.2) is 0 Å². The Morgan fingerprint density at radius 2 is 1.71 bits per heavy atom. The summed E-state index contributed by atoms with van der Waals surface area (Å²) in [7, 11) is 3.80. The quantitative estimate of drug-likeness (QED) is 0.476. The highest BCUT2D eigenvalue weighted by Crippen LogP contribution is 2.44. The monoisotopic (exact) mass is 451 g/mol. The van der Waals surface area contributed by atoms with Gasteiger partial charge in [0.05, 0.1) is 12.0 Å². The van der Waals surface area contributed by atoms with Crippen LogP contribution in [0.4, 0.5) is 0 Å². The molecule has 172 valence electrons. The molecule has 0 fully saturated rings. The number of hydrogen-bond acceptors (Lipinski definition) is 2. The summed E-state index contributed by atoms with van der Waals surface area (Å²) in [5, 5.41) is 4.23. The van der Waals surface area contributed by atoms with Crippen molar-refractivity contribution in [3.63, 3.8) is 0 Å². The van der Waals surface area contributed by atoms with Crippen LogP contribution in [0.3, 0.4) is 0 Å². The van der Waals surface area contributed by atoms with Crippen LogP contribution >= 0.6 is 0 Å². The molecule has 2 heterocycles. The lowest BCUT2D eigenvalue weighted by atomic mass is 9.79. The van der Waals surface area contributed by atoms with Crippen molar-refractivity contribution in [2.75, 3.05) is 13.6 Å². The molecule has 2 amide bonds. The van der Waals surface area contributed by atoms with E-state index in [-0.39, 0.29) is 11.8 Å². The number of carbonyl (C=O) groups is 2. The maximum Gasteiger partial charge on any atom is 0.254 e. The van der Waals surface area contributed by atoms with Crippen molar-refractivity contribution < 1.29 is 9.59 Å². The minimum Gasteiger partial charge on any atom is -0.355 e. The summed E-state index contributed by atoms with van der Waals surface area (Å²) in [5.41, 5.74) is 5.86. The van der Waals surface area contributed by atoms with Crippen molar-refractivity contribution in [1.29, 1.82) is 0 Å². The molecule has 1 aliphatic rings. The number of aryl methyl sites for hydroxylation is 2. The number of aromatic nitrogens is 1. The molecule has 2 unspecified atom stereocenters. The van der Waals surface area contributed by atoms with Gasteiger partial charge in [0.1, 0.15) is 0 Å². The fraction of sp³-hybridized carbons (Fsp3) is 0.241. The van der Waals surface area contributed by atoms with E-state index in [0.717, 1.165) is 28.5 Å². The van der Waals surface area contributed by atoms with E-state index in [4.69, 9.17) is 0 Å². The first-order valence-electron chi connectivity index (χ1n) is 11.7. The Hall–Kier alpha value is -3.86. The summed E-state index contributed by atoms with van der Waals surface area (Å²) in [6, 6.07) is 23.6. The van der Waals surface area contributed by atoms with E-state index >= 15 is 0 Å². The lowest BCUT2D eigenvalue weighted by molar-refractivity contribution is -0.124. The first-order chi connectivity index (χ1) is 16.5. The number of nitrogens with zero attached hydrogens (tertiary/aromatic N) is 2. The highest BCUT2D eigenvalue weighted by atomic mass is 16.2. The summed E-state index contributed by atoms with van der Waals surface area (Å²) in [5.74, 6) is -0.614. The molecular weight excluding hydrogens is 422 g/mol. The van der Waals surface area contributed by atoms with Gasteiger partial charge in [-0.1, -0.05) is 66.2 Å². The zero-order chi connectivity index (χ0) is 23.8.